The Morgan fingerprint density at radius 3 is 2.80 bits per heavy atom. The summed E-state index contributed by atoms with van der Waals surface area (Å²) >= 11 is 1.16. The van der Waals surface area contributed by atoms with E-state index in [4.69, 9.17) is 10.7 Å². The maximum atomic E-state index is 13.9. The number of hydrogen-bond acceptors (Lipinski definition) is 7. The van der Waals surface area contributed by atoms with E-state index in [0.717, 1.165) is 22.6 Å². The van der Waals surface area contributed by atoms with Crippen LogP contribution >= 0.6 is 11.3 Å². The number of nitrogens with zero attached hydrogens (tertiary/aromatic N) is 3. The topological polar surface area (TPSA) is 96.2 Å². The zero-order chi connectivity index (χ0) is 24.9. The van der Waals surface area contributed by atoms with E-state index in [9.17, 15) is 18.0 Å². The number of nitrogens with one attached hydrogen (secondary N) is 2. The molecule has 3 aromatic rings. The molecule has 1 aliphatic heterocycles. The van der Waals surface area contributed by atoms with Gasteiger partial charge >= 0.3 is 0 Å². The quantitative estimate of drug-likeness (QED) is 0.494. The van der Waals surface area contributed by atoms with E-state index in [2.05, 4.69) is 15.6 Å². The molecule has 0 radical (unpaired) electrons. The van der Waals surface area contributed by atoms with Crippen LogP contribution in [0.1, 0.15) is 33.0 Å². The number of amides is 1. The SMILES string of the molecule is CNC1CN(c2ccc3c(n2)CCC(NC(=O)c2sc4nc(C)c(F)cc4c2N)C3)CC1C(F)F. The molecule has 2 aliphatic rings. The number of hydrogen-bond donors (Lipinski definition) is 3. The molecule has 3 unspecified atom stereocenters. The molecule has 3 aromatic heterocycles. The van der Waals surface area contributed by atoms with Crippen molar-refractivity contribution in [3.8, 4) is 0 Å². The average molecular weight is 505 g/mol. The molecule has 1 aliphatic carbocycles. The molecule has 4 heterocycles. The highest BCUT2D eigenvalue weighted by Gasteiger charge is 2.38. The van der Waals surface area contributed by atoms with Crippen LogP contribution in [-0.4, -0.2) is 54.5 Å². The van der Waals surface area contributed by atoms with E-state index < -0.39 is 18.2 Å². The van der Waals surface area contributed by atoms with Gasteiger partial charge in [-0.05, 0) is 50.9 Å². The molecule has 5 rings (SSSR count). The first-order valence-corrected chi connectivity index (χ1v) is 12.4. The summed E-state index contributed by atoms with van der Waals surface area (Å²) in [7, 11) is 1.71. The summed E-state index contributed by atoms with van der Waals surface area (Å²) in [5.41, 5.74) is 8.61. The summed E-state index contributed by atoms with van der Waals surface area (Å²) in [4.78, 5) is 24.7. The Kier molecular flexibility index (Phi) is 6.30. The normalized spacial score (nSPS) is 22.1. The minimum Gasteiger partial charge on any atom is -0.397 e. The van der Waals surface area contributed by atoms with Crippen LogP contribution in [0.2, 0.25) is 0 Å². The lowest BCUT2D eigenvalue weighted by Crippen LogP contribution is -2.39. The van der Waals surface area contributed by atoms with Crippen molar-refractivity contribution in [3.63, 3.8) is 0 Å². The first kappa shape index (κ1) is 23.8. The lowest BCUT2D eigenvalue weighted by atomic mass is 9.91. The molecule has 1 saturated heterocycles. The van der Waals surface area contributed by atoms with Gasteiger partial charge < -0.3 is 21.3 Å². The molecule has 11 heteroatoms. The number of fused-ring (bicyclic) bond motifs is 2. The van der Waals surface area contributed by atoms with Crippen LogP contribution < -0.4 is 21.3 Å². The van der Waals surface area contributed by atoms with Crippen molar-refractivity contribution in [2.24, 2.45) is 5.92 Å². The molecule has 4 N–H and O–H groups in total. The van der Waals surface area contributed by atoms with Crippen LogP contribution in [0.5, 0.6) is 0 Å². The third-order valence-corrected chi connectivity index (χ3v) is 8.14. The fraction of sp³-hybridized carbons (Fsp3) is 0.458. The number of rotatable bonds is 5. The first-order valence-electron chi connectivity index (χ1n) is 11.6. The highest BCUT2D eigenvalue weighted by atomic mass is 32.1. The van der Waals surface area contributed by atoms with Gasteiger partial charge in [-0.15, -0.1) is 11.3 Å². The van der Waals surface area contributed by atoms with Crippen LogP contribution in [-0.2, 0) is 12.8 Å². The first-order chi connectivity index (χ1) is 16.7. The smallest absolute Gasteiger partial charge is 0.263 e. The minimum absolute atomic E-state index is 0.0950. The van der Waals surface area contributed by atoms with Crippen molar-refractivity contribution in [3.05, 3.63) is 45.8 Å². The Labute approximate surface area is 204 Å². The molecule has 1 fully saturated rings. The monoisotopic (exact) mass is 504 g/mol. The van der Waals surface area contributed by atoms with E-state index in [-0.39, 0.29) is 35.9 Å². The fourth-order valence-corrected chi connectivity index (χ4v) is 6.03. The Bertz CT molecular complexity index is 1280. The number of thiophene rings is 1. The predicted octanol–water partition coefficient (Wildman–Crippen LogP) is 3.30. The summed E-state index contributed by atoms with van der Waals surface area (Å²) in [5, 5.41) is 6.49. The summed E-state index contributed by atoms with van der Waals surface area (Å²) in [5.74, 6) is -0.767. The van der Waals surface area contributed by atoms with Crippen LogP contribution in [0.15, 0.2) is 18.2 Å². The molecule has 186 valence electrons. The summed E-state index contributed by atoms with van der Waals surface area (Å²) in [6, 6.07) is 4.80. The third-order valence-electron chi connectivity index (χ3n) is 7.02. The van der Waals surface area contributed by atoms with Gasteiger partial charge in [-0.25, -0.2) is 23.1 Å². The second-order valence-electron chi connectivity index (χ2n) is 9.24. The highest BCUT2D eigenvalue weighted by Crippen LogP contribution is 2.34. The lowest BCUT2D eigenvalue weighted by Gasteiger charge is -2.26. The lowest BCUT2D eigenvalue weighted by molar-refractivity contribution is 0.0753. The molecule has 1 amide bonds. The van der Waals surface area contributed by atoms with Gasteiger partial charge in [-0.2, -0.15) is 0 Å². The van der Waals surface area contributed by atoms with E-state index in [1.807, 2.05) is 17.0 Å². The number of nitrogens with two attached hydrogens (primary N) is 1. The molecule has 0 saturated carbocycles. The molecule has 0 spiro atoms. The largest absolute Gasteiger partial charge is 0.397 e. The van der Waals surface area contributed by atoms with E-state index in [1.165, 1.54) is 6.07 Å². The second kappa shape index (κ2) is 9.27. The summed E-state index contributed by atoms with van der Waals surface area (Å²) in [6.07, 6.45) is -0.397. The number of anilines is 2. The summed E-state index contributed by atoms with van der Waals surface area (Å²) < 4.78 is 40.7. The Balaban J connectivity index is 1.28. The number of carbonyl (C=O) groups excluding carboxylic acids is 1. The number of halogens is 3. The van der Waals surface area contributed by atoms with Crippen molar-refractivity contribution in [2.75, 3.05) is 30.8 Å². The predicted molar refractivity (Wildman–Crippen MR) is 131 cm³/mol. The number of nitrogen functional groups attached to an aromatic ring is 1. The second-order valence-corrected chi connectivity index (χ2v) is 10.2. The van der Waals surface area contributed by atoms with Gasteiger partial charge in [-0.1, -0.05) is 6.07 Å². The van der Waals surface area contributed by atoms with Crippen LogP contribution in [0.4, 0.5) is 24.7 Å². The molecule has 35 heavy (non-hydrogen) atoms. The van der Waals surface area contributed by atoms with Gasteiger partial charge in [-0.3, -0.25) is 4.79 Å². The number of alkyl halides is 2. The fourth-order valence-electron chi connectivity index (χ4n) is 5.00. The van der Waals surface area contributed by atoms with Gasteiger partial charge in [0.05, 0.1) is 17.3 Å². The van der Waals surface area contributed by atoms with Crippen LogP contribution in [0.25, 0.3) is 10.2 Å². The highest BCUT2D eigenvalue weighted by molar-refractivity contribution is 7.21. The third kappa shape index (κ3) is 4.42. The van der Waals surface area contributed by atoms with E-state index in [1.54, 1.807) is 14.0 Å². The molecule has 3 atom stereocenters. The van der Waals surface area contributed by atoms with Gasteiger partial charge in [0.2, 0.25) is 6.43 Å². The minimum atomic E-state index is -2.38. The van der Waals surface area contributed by atoms with E-state index in [0.29, 0.717) is 46.7 Å². The van der Waals surface area contributed by atoms with Crippen molar-refractivity contribution in [2.45, 2.75) is 44.7 Å². The average Bonchev–Trinajstić information content (AvgIpc) is 3.41. The van der Waals surface area contributed by atoms with Crippen LogP contribution in [0, 0.1) is 18.7 Å². The maximum absolute atomic E-state index is 13.9. The molecular weight excluding hydrogens is 477 g/mol. The van der Waals surface area contributed by atoms with Crippen molar-refractivity contribution in [1.29, 1.82) is 0 Å². The molecule has 0 bridgehead atoms. The molecular formula is C24H27F3N6OS. The van der Waals surface area contributed by atoms with Crippen molar-refractivity contribution in [1.82, 2.24) is 20.6 Å². The van der Waals surface area contributed by atoms with Crippen molar-refractivity contribution < 1.29 is 18.0 Å². The Morgan fingerprint density at radius 1 is 1.29 bits per heavy atom. The van der Waals surface area contributed by atoms with Crippen molar-refractivity contribution >= 4 is 39.0 Å². The zero-order valence-electron chi connectivity index (χ0n) is 19.4. The molecule has 0 aromatic carbocycles. The Hall–Kier alpha value is -2.92. The van der Waals surface area contributed by atoms with E-state index >= 15 is 0 Å². The van der Waals surface area contributed by atoms with Gasteiger partial charge in [0.25, 0.3) is 5.91 Å². The number of carbonyl (C=O) groups is 1. The van der Waals surface area contributed by atoms with Gasteiger partial charge in [0, 0.05) is 36.3 Å². The maximum Gasteiger partial charge on any atom is 0.263 e. The van der Waals surface area contributed by atoms with Gasteiger partial charge in [0.1, 0.15) is 21.3 Å². The number of aryl methyl sites for hydroxylation is 2. The van der Waals surface area contributed by atoms with Gasteiger partial charge in [0.15, 0.2) is 0 Å². The van der Waals surface area contributed by atoms with Crippen LogP contribution in [0.3, 0.4) is 0 Å². The molecule has 7 nitrogen and oxygen atoms in total. The number of aromatic nitrogens is 2. The number of pyridine rings is 2. The zero-order valence-corrected chi connectivity index (χ0v) is 20.3. The standard InChI is InChI=1S/C24H27F3N6OS/c1-11-16(25)8-14-20(28)21(35-24(14)30-11)23(34)31-13-4-5-17-12(7-13)3-6-19(32-17)33-9-15(22(26)27)18(10-33)29-2/h3,6,8,13,15,18,22,29H,4-5,7,9-10,28H2,1-2H3,(H,31,34). The number of likely N-dealkylation sites (N-methyl/N-ethyl adjacent to an activating group) is 1. The summed E-state index contributed by atoms with van der Waals surface area (Å²) in [6.45, 7) is 2.33. The Morgan fingerprint density at radius 2 is 2.09 bits per heavy atom.